The Morgan fingerprint density at radius 1 is 1.24 bits per heavy atom. The number of nitrogens with one attached hydrogen (secondary N) is 1. The molecule has 5 nitrogen and oxygen atoms in total. The Morgan fingerprint density at radius 2 is 2.04 bits per heavy atom. The highest BCUT2D eigenvalue weighted by Gasteiger charge is 2.07. The van der Waals surface area contributed by atoms with E-state index in [9.17, 15) is 4.79 Å². The quantitative estimate of drug-likeness (QED) is 0.674. The number of imidazole rings is 1. The van der Waals surface area contributed by atoms with Crippen molar-refractivity contribution in [2.24, 2.45) is 7.05 Å². The van der Waals surface area contributed by atoms with Crippen LogP contribution in [0, 0.1) is 0 Å². The van der Waals surface area contributed by atoms with Gasteiger partial charge >= 0.3 is 0 Å². The zero-order valence-corrected chi connectivity index (χ0v) is 15.2. The first-order valence-electron chi connectivity index (χ1n) is 8.87. The average molecular weight is 338 g/mol. The highest BCUT2D eigenvalue weighted by Crippen LogP contribution is 2.13. The molecule has 0 bridgehead atoms. The Morgan fingerprint density at radius 3 is 2.84 bits per heavy atom. The molecule has 0 unspecified atom stereocenters. The maximum atomic E-state index is 12.5. The molecule has 3 aromatic rings. The molecular formula is C20H26N4O. The highest BCUT2D eigenvalue weighted by molar-refractivity contribution is 5.79. The highest BCUT2D eigenvalue weighted by atomic mass is 16.1. The topological polar surface area (TPSA) is 51.9 Å². The smallest absolute Gasteiger partial charge is 0.255 e. The molecule has 0 atom stereocenters. The van der Waals surface area contributed by atoms with Crippen LogP contribution < -0.4 is 10.9 Å². The lowest BCUT2D eigenvalue weighted by Crippen LogP contribution is -2.26. The van der Waals surface area contributed by atoms with Gasteiger partial charge in [0, 0.05) is 44.0 Å². The van der Waals surface area contributed by atoms with E-state index in [1.165, 1.54) is 0 Å². The lowest BCUT2D eigenvalue weighted by Gasteiger charge is -2.11. The Kier molecular flexibility index (Phi) is 5.34. The van der Waals surface area contributed by atoms with Gasteiger partial charge in [-0.3, -0.25) is 4.79 Å². The van der Waals surface area contributed by atoms with Crippen molar-refractivity contribution in [3.8, 4) is 0 Å². The maximum absolute atomic E-state index is 12.5. The SMILES string of the molecule is CC(C)c1nccn1CCCNCc1cc2ccccc2n(C)c1=O. The molecule has 0 spiro atoms. The van der Waals surface area contributed by atoms with E-state index in [-0.39, 0.29) is 5.56 Å². The monoisotopic (exact) mass is 338 g/mol. The fourth-order valence-electron chi connectivity index (χ4n) is 3.22. The summed E-state index contributed by atoms with van der Waals surface area (Å²) in [4.78, 5) is 16.9. The van der Waals surface area contributed by atoms with Gasteiger partial charge in [0.05, 0.1) is 5.52 Å². The predicted octanol–water partition coefficient (Wildman–Crippen LogP) is 3.04. The summed E-state index contributed by atoms with van der Waals surface area (Å²) < 4.78 is 3.94. The molecule has 0 aliphatic carbocycles. The molecule has 0 fully saturated rings. The summed E-state index contributed by atoms with van der Waals surface area (Å²) in [5.41, 5.74) is 1.85. The molecule has 0 radical (unpaired) electrons. The van der Waals surface area contributed by atoms with Gasteiger partial charge in [-0.05, 0) is 30.5 Å². The normalized spacial score (nSPS) is 11.5. The molecule has 5 heteroatoms. The number of nitrogens with zero attached hydrogens (tertiary/aromatic N) is 3. The van der Waals surface area contributed by atoms with Gasteiger partial charge in [0.2, 0.25) is 0 Å². The molecule has 0 amide bonds. The van der Waals surface area contributed by atoms with Crippen molar-refractivity contribution in [3.05, 3.63) is 64.5 Å². The van der Waals surface area contributed by atoms with Crippen LogP contribution in [-0.4, -0.2) is 20.7 Å². The molecule has 0 aliphatic heterocycles. The Balaban J connectivity index is 1.57. The first-order chi connectivity index (χ1) is 12.1. The minimum absolute atomic E-state index is 0.0721. The summed E-state index contributed by atoms with van der Waals surface area (Å²) >= 11 is 0. The van der Waals surface area contributed by atoms with Gasteiger partial charge in [-0.2, -0.15) is 0 Å². The summed E-state index contributed by atoms with van der Waals surface area (Å²) in [5, 5.41) is 4.50. The molecule has 0 saturated heterocycles. The number of rotatable bonds is 7. The van der Waals surface area contributed by atoms with Crippen LogP contribution in [-0.2, 0) is 20.1 Å². The van der Waals surface area contributed by atoms with E-state index >= 15 is 0 Å². The van der Waals surface area contributed by atoms with Gasteiger partial charge in [-0.25, -0.2) is 4.98 Å². The second-order valence-electron chi connectivity index (χ2n) is 6.76. The van der Waals surface area contributed by atoms with Crippen molar-refractivity contribution < 1.29 is 0 Å². The lowest BCUT2D eigenvalue weighted by molar-refractivity contribution is 0.552. The van der Waals surface area contributed by atoms with Crippen molar-refractivity contribution in [1.82, 2.24) is 19.4 Å². The van der Waals surface area contributed by atoms with Crippen molar-refractivity contribution in [2.75, 3.05) is 6.54 Å². The first kappa shape index (κ1) is 17.4. The van der Waals surface area contributed by atoms with Crippen LogP contribution in [0.15, 0.2) is 47.5 Å². The average Bonchev–Trinajstić information content (AvgIpc) is 3.07. The molecule has 1 aromatic carbocycles. The summed E-state index contributed by atoms with van der Waals surface area (Å²) in [7, 11) is 1.83. The van der Waals surface area contributed by atoms with Crippen molar-refractivity contribution in [1.29, 1.82) is 0 Å². The number of pyridine rings is 1. The molecular weight excluding hydrogens is 312 g/mol. The lowest BCUT2D eigenvalue weighted by atomic mass is 10.1. The van der Waals surface area contributed by atoms with Gasteiger partial charge in [0.1, 0.15) is 5.82 Å². The number of benzene rings is 1. The fraction of sp³-hybridized carbons (Fsp3) is 0.400. The van der Waals surface area contributed by atoms with Crippen molar-refractivity contribution in [3.63, 3.8) is 0 Å². The van der Waals surface area contributed by atoms with E-state index < -0.39 is 0 Å². The van der Waals surface area contributed by atoms with Gasteiger partial charge < -0.3 is 14.5 Å². The number of aromatic nitrogens is 3. The van der Waals surface area contributed by atoms with Crippen LogP contribution in [0.1, 0.15) is 37.6 Å². The van der Waals surface area contributed by atoms with E-state index in [4.69, 9.17) is 0 Å². The van der Waals surface area contributed by atoms with Crippen LogP contribution >= 0.6 is 0 Å². The summed E-state index contributed by atoms with van der Waals surface area (Å²) in [5.74, 6) is 1.56. The van der Waals surface area contributed by atoms with Crippen LogP contribution in [0.25, 0.3) is 10.9 Å². The van der Waals surface area contributed by atoms with Crippen LogP contribution in [0.4, 0.5) is 0 Å². The summed E-state index contributed by atoms with van der Waals surface area (Å²) in [6.07, 6.45) is 4.90. The third-order valence-electron chi connectivity index (χ3n) is 4.54. The van der Waals surface area contributed by atoms with E-state index in [2.05, 4.69) is 28.7 Å². The maximum Gasteiger partial charge on any atom is 0.255 e. The molecule has 3 rings (SSSR count). The van der Waals surface area contributed by atoms with Crippen LogP contribution in [0.2, 0.25) is 0 Å². The third-order valence-corrected chi connectivity index (χ3v) is 4.54. The Hall–Kier alpha value is -2.40. The molecule has 0 saturated carbocycles. The third kappa shape index (κ3) is 3.82. The zero-order valence-electron chi connectivity index (χ0n) is 15.2. The Bertz CT molecular complexity index is 907. The van der Waals surface area contributed by atoms with Crippen molar-refractivity contribution >= 4 is 10.9 Å². The molecule has 2 aromatic heterocycles. The van der Waals surface area contributed by atoms with Gasteiger partial charge in [0.25, 0.3) is 5.56 Å². The minimum atomic E-state index is 0.0721. The van der Waals surface area contributed by atoms with Crippen LogP contribution in [0.5, 0.6) is 0 Å². The molecule has 1 N–H and O–H groups in total. The second-order valence-corrected chi connectivity index (χ2v) is 6.76. The molecule has 2 heterocycles. The predicted molar refractivity (Wildman–Crippen MR) is 102 cm³/mol. The number of hydrogen-bond acceptors (Lipinski definition) is 3. The minimum Gasteiger partial charge on any atom is -0.335 e. The fourth-order valence-corrected chi connectivity index (χ4v) is 3.22. The van der Waals surface area contributed by atoms with Crippen LogP contribution in [0.3, 0.4) is 0 Å². The summed E-state index contributed by atoms with van der Waals surface area (Å²) in [6, 6.07) is 9.98. The number of aryl methyl sites for hydroxylation is 2. The molecule has 25 heavy (non-hydrogen) atoms. The molecule has 0 aliphatic rings. The zero-order chi connectivity index (χ0) is 17.8. The number of fused-ring (bicyclic) bond motifs is 1. The van der Waals surface area contributed by atoms with E-state index in [0.29, 0.717) is 12.5 Å². The van der Waals surface area contributed by atoms with Gasteiger partial charge in [-0.15, -0.1) is 0 Å². The number of hydrogen-bond donors (Lipinski definition) is 1. The largest absolute Gasteiger partial charge is 0.335 e. The number of para-hydroxylation sites is 1. The summed E-state index contributed by atoms with van der Waals surface area (Å²) in [6.45, 7) is 6.72. The van der Waals surface area contributed by atoms with E-state index in [1.807, 2.05) is 49.8 Å². The van der Waals surface area contributed by atoms with E-state index in [1.54, 1.807) is 4.57 Å². The molecule has 132 valence electrons. The first-order valence-corrected chi connectivity index (χ1v) is 8.87. The van der Waals surface area contributed by atoms with E-state index in [0.717, 1.165) is 41.8 Å². The second kappa shape index (κ2) is 7.66. The Labute approximate surface area is 148 Å². The van der Waals surface area contributed by atoms with Gasteiger partial charge in [-0.1, -0.05) is 32.0 Å². The standard InChI is InChI=1S/C20H26N4O/c1-15(2)19-22-10-12-24(19)11-6-9-21-14-17-13-16-7-4-5-8-18(16)23(3)20(17)25/h4-5,7-8,10,12-13,15,21H,6,9,11,14H2,1-3H3. The van der Waals surface area contributed by atoms with Crippen molar-refractivity contribution in [2.45, 2.75) is 39.3 Å². The van der Waals surface area contributed by atoms with Gasteiger partial charge in [0.15, 0.2) is 0 Å².